The highest BCUT2D eigenvalue weighted by Crippen LogP contribution is 2.22. The van der Waals surface area contributed by atoms with Gasteiger partial charge in [0.15, 0.2) is 0 Å². The first kappa shape index (κ1) is 24.9. The van der Waals surface area contributed by atoms with Crippen LogP contribution in [-0.2, 0) is 4.79 Å². The van der Waals surface area contributed by atoms with Crippen LogP contribution >= 0.6 is 0 Å². The van der Waals surface area contributed by atoms with Gasteiger partial charge in [-0.2, -0.15) is 0 Å². The summed E-state index contributed by atoms with van der Waals surface area (Å²) in [4.78, 5) is 30.4. The first-order valence-corrected chi connectivity index (χ1v) is 11.0. The zero-order chi connectivity index (χ0) is 23.0. The van der Waals surface area contributed by atoms with Crippen LogP contribution in [0.1, 0.15) is 31.1 Å². The maximum absolute atomic E-state index is 12.8. The Balaban J connectivity index is 1.92. The second kappa shape index (κ2) is 11.9. The fourth-order valence-corrected chi connectivity index (χ4v) is 3.62. The fourth-order valence-electron chi connectivity index (χ4n) is 3.62. The van der Waals surface area contributed by atoms with E-state index in [-0.39, 0.29) is 17.7 Å². The minimum Gasteiger partial charge on any atom is -0.497 e. The van der Waals surface area contributed by atoms with Gasteiger partial charge >= 0.3 is 0 Å². The molecule has 2 atom stereocenters. The van der Waals surface area contributed by atoms with E-state index in [4.69, 9.17) is 9.47 Å². The second-order valence-corrected chi connectivity index (χ2v) is 8.75. The van der Waals surface area contributed by atoms with E-state index < -0.39 is 6.04 Å². The number of piperazine rings is 1. The highest BCUT2D eigenvalue weighted by atomic mass is 16.5. The zero-order valence-corrected chi connectivity index (χ0v) is 19.7. The van der Waals surface area contributed by atoms with Crippen molar-refractivity contribution >= 4 is 11.8 Å². The van der Waals surface area contributed by atoms with E-state index in [1.165, 1.54) is 14.2 Å². The molecule has 1 fully saturated rings. The standard InChI is InChI=1S/C23H38N4O4/c1-16(2)21(25-22(28)18-11-19(30-5)13-20(12-18)31-6)23(29)24-14-17(3)15-27-9-7-26(4)8-10-27/h11-13,16-17,21H,7-10,14-15H2,1-6H3,(H,24,29)(H,25,28)/t17-,21-/m1/s1. The molecule has 1 aliphatic heterocycles. The number of ether oxygens (including phenoxy) is 2. The molecule has 0 radical (unpaired) electrons. The van der Waals surface area contributed by atoms with E-state index >= 15 is 0 Å². The number of hydrogen-bond donors (Lipinski definition) is 2. The number of nitrogens with zero attached hydrogens (tertiary/aromatic N) is 2. The summed E-state index contributed by atoms with van der Waals surface area (Å²) in [5, 5.41) is 5.89. The maximum Gasteiger partial charge on any atom is 0.252 e. The number of carbonyl (C=O) groups excluding carboxylic acids is 2. The van der Waals surface area contributed by atoms with Gasteiger partial charge in [-0.1, -0.05) is 20.8 Å². The molecule has 174 valence electrons. The molecule has 8 nitrogen and oxygen atoms in total. The van der Waals surface area contributed by atoms with Gasteiger partial charge in [-0.3, -0.25) is 9.59 Å². The Kier molecular flexibility index (Phi) is 9.58. The summed E-state index contributed by atoms with van der Waals surface area (Å²) in [7, 11) is 5.21. The molecule has 0 saturated carbocycles. The normalized spacial score (nSPS) is 17.1. The van der Waals surface area contributed by atoms with Crippen molar-refractivity contribution in [2.75, 3.05) is 60.5 Å². The molecular weight excluding hydrogens is 396 g/mol. The third-order valence-corrected chi connectivity index (χ3v) is 5.64. The molecule has 0 unspecified atom stereocenters. The highest BCUT2D eigenvalue weighted by Gasteiger charge is 2.26. The Labute approximate surface area is 186 Å². The van der Waals surface area contributed by atoms with Crippen molar-refractivity contribution in [2.45, 2.75) is 26.8 Å². The van der Waals surface area contributed by atoms with Crippen molar-refractivity contribution in [3.8, 4) is 11.5 Å². The lowest BCUT2D eigenvalue weighted by Gasteiger charge is -2.34. The predicted molar refractivity (Wildman–Crippen MR) is 122 cm³/mol. The van der Waals surface area contributed by atoms with Crippen LogP contribution in [0.5, 0.6) is 11.5 Å². The molecule has 31 heavy (non-hydrogen) atoms. The van der Waals surface area contributed by atoms with E-state index in [1.807, 2.05) is 13.8 Å². The van der Waals surface area contributed by atoms with Crippen molar-refractivity contribution in [2.24, 2.45) is 11.8 Å². The fraction of sp³-hybridized carbons (Fsp3) is 0.652. The van der Waals surface area contributed by atoms with Crippen molar-refractivity contribution in [3.63, 3.8) is 0 Å². The minimum absolute atomic E-state index is 0.0515. The van der Waals surface area contributed by atoms with Gasteiger partial charge in [0.2, 0.25) is 5.91 Å². The number of carbonyl (C=O) groups is 2. The van der Waals surface area contributed by atoms with E-state index in [0.717, 1.165) is 32.7 Å². The molecule has 8 heteroatoms. The number of nitrogens with one attached hydrogen (secondary N) is 2. The summed E-state index contributed by atoms with van der Waals surface area (Å²) < 4.78 is 10.5. The van der Waals surface area contributed by atoms with Crippen molar-refractivity contribution in [3.05, 3.63) is 23.8 Å². The summed E-state index contributed by atoms with van der Waals surface area (Å²) in [6.07, 6.45) is 0. The van der Waals surface area contributed by atoms with Gasteiger partial charge in [0.05, 0.1) is 14.2 Å². The summed E-state index contributed by atoms with van der Waals surface area (Å²) in [6, 6.07) is 4.34. The molecule has 0 aromatic heterocycles. The third-order valence-electron chi connectivity index (χ3n) is 5.64. The Hall–Kier alpha value is -2.32. The molecular formula is C23H38N4O4. The van der Waals surface area contributed by atoms with Crippen LogP contribution in [0.2, 0.25) is 0 Å². The third kappa shape index (κ3) is 7.70. The Morgan fingerprint density at radius 2 is 1.58 bits per heavy atom. The number of benzene rings is 1. The van der Waals surface area contributed by atoms with Crippen LogP contribution in [-0.4, -0.2) is 88.2 Å². The lowest BCUT2D eigenvalue weighted by molar-refractivity contribution is -0.124. The minimum atomic E-state index is -0.625. The first-order chi connectivity index (χ1) is 14.7. The number of rotatable bonds is 10. The van der Waals surface area contributed by atoms with Crippen LogP contribution in [0.4, 0.5) is 0 Å². The molecule has 1 heterocycles. The SMILES string of the molecule is COc1cc(OC)cc(C(=O)N[C@@H](C(=O)NC[C@@H](C)CN2CCN(C)CC2)C(C)C)c1. The number of amides is 2. The second-order valence-electron chi connectivity index (χ2n) is 8.75. The maximum atomic E-state index is 12.8. The molecule has 0 spiro atoms. The average Bonchev–Trinajstić information content (AvgIpc) is 2.76. The van der Waals surface area contributed by atoms with Crippen molar-refractivity contribution in [1.82, 2.24) is 20.4 Å². The van der Waals surface area contributed by atoms with Gasteiger partial charge in [-0.25, -0.2) is 0 Å². The summed E-state index contributed by atoms with van der Waals surface area (Å²) >= 11 is 0. The number of methoxy groups -OCH3 is 2. The molecule has 1 aromatic rings. The molecule has 2 N–H and O–H groups in total. The van der Waals surface area contributed by atoms with Crippen LogP contribution in [0.3, 0.4) is 0 Å². The van der Waals surface area contributed by atoms with Crippen LogP contribution in [0.15, 0.2) is 18.2 Å². The van der Waals surface area contributed by atoms with Gasteiger partial charge < -0.3 is 29.9 Å². The average molecular weight is 435 g/mol. The van der Waals surface area contributed by atoms with Crippen LogP contribution < -0.4 is 20.1 Å². The molecule has 2 rings (SSSR count). The zero-order valence-electron chi connectivity index (χ0n) is 19.7. The Morgan fingerprint density at radius 3 is 2.10 bits per heavy atom. The van der Waals surface area contributed by atoms with Gasteiger partial charge in [0.25, 0.3) is 5.91 Å². The summed E-state index contributed by atoms with van der Waals surface area (Å²) in [6.45, 7) is 11.8. The van der Waals surface area contributed by atoms with E-state index in [1.54, 1.807) is 18.2 Å². The lowest BCUT2D eigenvalue weighted by Crippen LogP contribution is -2.51. The van der Waals surface area contributed by atoms with Gasteiger partial charge in [0.1, 0.15) is 17.5 Å². The molecule has 2 amide bonds. The highest BCUT2D eigenvalue weighted by molar-refractivity contribution is 5.98. The molecule has 1 aromatic carbocycles. The van der Waals surface area contributed by atoms with Gasteiger partial charge in [-0.05, 0) is 31.0 Å². The first-order valence-electron chi connectivity index (χ1n) is 11.0. The lowest BCUT2D eigenvalue weighted by atomic mass is 10.0. The largest absolute Gasteiger partial charge is 0.497 e. The van der Waals surface area contributed by atoms with Crippen LogP contribution in [0, 0.1) is 11.8 Å². The Morgan fingerprint density at radius 1 is 1.00 bits per heavy atom. The van der Waals surface area contributed by atoms with E-state index in [9.17, 15) is 9.59 Å². The number of hydrogen-bond acceptors (Lipinski definition) is 6. The smallest absolute Gasteiger partial charge is 0.252 e. The summed E-state index contributed by atoms with van der Waals surface area (Å²) in [5.41, 5.74) is 0.387. The molecule has 0 aliphatic carbocycles. The molecule has 1 aliphatic rings. The Bertz CT molecular complexity index is 710. The van der Waals surface area contributed by atoms with Crippen molar-refractivity contribution in [1.29, 1.82) is 0 Å². The molecule has 1 saturated heterocycles. The quantitative estimate of drug-likeness (QED) is 0.580. The summed E-state index contributed by atoms with van der Waals surface area (Å²) in [5.74, 6) is 0.823. The monoisotopic (exact) mass is 434 g/mol. The molecule has 0 bridgehead atoms. The topological polar surface area (TPSA) is 83.1 Å². The van der Waals surface area contributed by atoms with Gasteiger partial charge in [-0.15, -0.1) is 0 Å². The predicted octanol–water partition coefficient (Wildman–Crippen LogP) is 1.46. The van der Waals surface area contributed by atoms with Crippen molar-refractivity contribution < 1.29 is 19.1 Å². The van der Waals surface area contributed by atoms with E-state index in [0.29, 0.717) is 29.5 Å². The van der Waals surface area contributed by atoms with Gasteiger partial charge in [0, 0.05) is 50.9 Å². The number of likely N-dealkylation sites (N-methyl/N-ethyl adjacent to an activating group) is 1. The van der Waals surface area contributed by atoms with Crippen LogP contribution in [0.25, 0.3) is 0 Å². The van der Waals surface area contributed by atoms with E-state index in [2.05, 4.69) is 34.4 Å².